The Bertz CT molecular complexity index is 623. The Morgan fingerprint density at radius 2 is 2.05 bits per heavy atom. The zero-order valence-corrected chi connectivity index (χ0v) is 12.9. The lowest BCUT2D eigenvalue weighted by molar-refractivity contribution is -0.119. The first-order chi connectivity index (χ1) is 10.6. The van der Waals surface area contributed by atoms with E-state index in [9.17, 15) is 4.79 Å². The fourth-order valence-electron chi connectivity index (χ4n) is 3.21. The second-order valence-corrected chi connectivity index (χ2v) is 5.97. The zero-order valence-electron chi connectivity index (χ0n) is 12.9. The van der Waals surface area contributed by atoms with Crippen LogP contribution >= 0.6 is 0 Å². The molecule has 2 atom stereocenters. The van der Waals surface area contributed by atoms with Gasteiger partial charge in [0.25, 0.3) is 0 Å². The van der Waals surface area contributed by atoms with E-state index >= 15 is 0 Å². The molecule has 0 unspecified atom stereocenters. The minimum atomic E-state index is 0.0393. The van der Waals surface area contributed by atoms with E-state index in [2.05, 4.69) is 28.8 Å². The van der Waals surface area contributed by atoms with Crippen molar-refractivity contribution in [2.75, 3.05) is 0 Å². The number of hydrazine groups is 1. The predicted octanol–water partition coefficient (Wildman–Crippen LogP) is 1.96. The molecule has 5 nitrogen and oxygen atoms in total. The van der Waals surface area contributed by atoms with E-state index in [0.29, 0.717) is 0 Å². The van der Waals surface area contributed by atoms with Crippen LogP contribution in [0.5, 0.6) is 0 Å². The fourth-order valence-corrected chi connectivity index (χ4v) is 3.21. The largest absolute Gasteiger partial charge is 0.354 e. The Morgan fingerprint density at radius 1 is 1.27 bits per heavy atom. The van der Waals surface area contributed by atoms with Crippen molar-refractivity contribution in [1.29, 1.82) is 0 Å². The average molecular weight is 298 g/mol. The van der Waals surface area contributed by atoms with Crippen LogP contribution in [0.4, 0.5) is 0 Å². The summed E-state index contributed by atoms with van der Waals surface area (Å²) in [7, 11) is 0. The number of nitrogens with zero attached hydrogens (tertiary/aromatic N) is 1. The molecule has 1 aromatic rings. The predicted molar refractivity (Wildman–Crippen MR) is 88.1 cm³/mol. The summed E-state index contributed by atoms with van der Waals surface area (Å²) in [5, 5.41) is 3.02. The van der Waals surface area contributed by atoms with Crippen LogP contribution in [0.1, 0.15) is 43.7 Å². The number of amidine groups is 1. The molecule has 1 aliphatic heterocycles. The summed E-state index contributed by atoms with van der Waals surface area (Å²) in [6.07, 6.45) is 4.09. The number of hydrogen-bond donors (Lipinski definition) is 3. The number of rotatable bonds is 2. The number of hydrogen-bond acceptors (Lipinski definition) is 3. The first-order valence-corrected chi connectivity index (χ1v) is 7.79. The van der Waals surface area contributed by atoms with Gasteiger partial charge in [0.05, 0.1) is 11.7 Å². The van der Waals surface area contributed by atoms with Crippen molar-refractivity contribution >= 4 is 17.4 Å². The summed E-state index contributed by atoms with van der Waals surface area (Å²) in [5.41, 5.74) is 9.23. The van der Waals surface area contributed by atoms with Crippen molar-refractivity contribution in [1.82, 2.24) is 16.2 Å². The van der Waals surface area contributed by atoms with Gasteiger partial charge < -0.3 is 5.32 Å². The van der Waals surface area contributed by atoms with Crippen molar-refractivity contribution in [2.45, 2.75) is 44.7 Å². The monoisotopic (exact) mass is 298 g/mol. The van der Waals surface area contributed by atoms with Gasteiger partial charge in [-0.15, -0.1) is 0 Å². The molecule has 3 N–H and O–H groups in total. The minimum absolute atomic E-state index is 0.0393. The number of benzene rings is 1. The maximum Gasteiger partial charge on any atom is 0.217 e. The molecule has 1 aromatic carbocycles. The van der Waals surface area contributed by atoms with Gasteiger partial charge in [-0.2, -0.15) is 0 Å². The Morgan fingerprint density at radius 3 is 2.82 bits per heavy atom. The Balaban J connectivity index is 1.79. The van der Waals surface area contributed by atoms with Gasteiger partial charge in [0.1, 0.15) is 5.84 Å². The third kappa shape index (κ3) is 3.13. The average Bonchev–Trinajstić information content (AvgIpc) is 2.50. The van der Waals surface area contributed by atoms with Gasteiger partial charge in [-0.1, -0.05) is 30.8 Å². The van der Waals surface area contributed by atoms with Crippen LogP contribution in [0, 0.1) is 0 Å². The second kappa shape index (κ2) is 6.22. The Kier molecular flexibility index (Phi) is 4.13. The normalized spacial score (nSPS) is 25.9. The molecule has 1 fully saturated rings. The van der Waals surface area contributed by atoms with Crippen molar-refractivity contribution < 1.29 is 4.79 Å². The summed E-state index contributed by atoms with van der Waals surface area (Å²) in [6.45, 7) is 5.58. The number of carbonyl (C=O) groups is 1. The molecule has 1 saturated carbocycles. The number of aliphatic imine (C=N–C) groups is 1. The number of nitrogens with one attached hydrogen (secondary N) is 3. The molecule has 1 heterocycles. The highest BCUT2D eigenvalue weighted by Crippen LogP contribution is 2.24. The van der Waals surface area contributed by atoms with E-state index in [4.69, 9.17) is 4.99 Å². The fraction of sp³-hybridized carbons (Fsp3) is 0.412. The molecular formula is C17H22N4O. The molecule has 0 radical (unpaired) electrons. The van der Waals surface area contributed by atoms with Crippen LogP contribution in [-0.2, 0) is 4.79 Å². The lowest BCUT2D eigenvalue weighted by Crippen LogP contribution is -2.43. The molecule has 0 saturated heterocycles. The third-order valence-electron chi connectivity index (χ3n) is 4.20. The van der Waals surface area contributed by atoms with Crippen molar-refractivity contribution in [3.63, 3.8) is 0 Å². The Labute approximate surface area is 130 Å². The van der Waals surface area contributed by atoms with Crippen molar-refractivity contribution in [3.8, 4) is 0 Å². The minimum Gasteiger partial charge on any atom is -0.354 e. The lowest BCUT2D eigenvalue weighted by atomic mass is 9.91. The number of fused-ring (bicyclic) bond motifs is 1. The third-order valence-corrected chi connectivity index (χ3v) is 4.20. The van der Waals surface area contributed by atoms with Crippen molar-refractivity contribution in [2.24, 2.45) is 4.99 Å². The van der Waals surface area contributed by atoms with E-state index in [0.717, 1.165) is 48.3 Å². The second-order valence-electron chi connectivity index (χ2n) is 5.97. The molecule has 22 heavy (non-hydrogen) atoms. The van der Waals surface area contributed by atoms with Gasteiger partial charge in [-0.3, -0.25) is 20.6 Å². The molecule has 0 spiro atoms. The quantitative estimate of drug-likeness (QED) is 0.782. The Hall–Kier alpha value is -2.30. The van der Waals surface area contributed by atoms with E-state index < -0.39 is 0 Å². The molecule has 2 aliphatic rings. The van der Waals surface area contributed by atoms with Crippen LogP contribution in [0.15, 0.2) is 35.8 Å². The first-order valence-electron chi connectivity index (χ1n) is 7.79. The molecule has 0 bridgehead atoms. The van der Waals surface area contributed by atoms with E-state index in [1.54, 1.807) is 6.92 Å². The van der Waals surface area contributed by atoms with Gasteiger partial charge in [0.2, 0.25) is 5.91 Å². The molecule has 3 rings (SSSR count). The van der Waals surface area contributed by atoms with E-state index in [1.165, 1.54) is 0 Å². The zero-order chi connectivity index (χ0) is 15.5. The summed E-state index contributed by atoms with van der Waals surface area (Å²) in [5.74, 6) is 0.897. The maximum absolute atomic E-state index is 11.2. The first kappa shape index (κ1) is 14.6. The smallest absolute Gasteiger partial charge is 0.217 e. The van der Waals surface area contributed by atoms with E-state index in [-0.39, 0.29) is 18.0 Å². The van der Waals surface area contributed by atoms with Crippen molar-refractivity contribution in [3.05, 3.63) is 42.0 Å². The summed E-state index contributed by atoms with van der Waals surface area (Å²) >= 11 is 0. The van der Waals surface area contributed by atoms with Gasteiger partial charge in [-0.05, 0) is 25.7 Å². The topological polar surface area (TPSA) is 65.5 Å². The van der Waals surface area contributed by atoms with Crippen LogP contribution in [0.2, 0.25) is 0 Å². The number of carbonyl (C=O) groups excluding carboxylic acids is 1. The highest BCUT2D eigenvalue weighted by molar-refractivity contribution is 6.05. The van der Waals surface area contributed by atoms with Gasteiger partial charge in [0, 0.05) is 24.1 Å². The van der Waals surface area contributed by atoms with Gasteiger partial charge in [0.15, 0.2) is 0 Å². The van der Waals surface area contributed by atoms with Crippen LogP contribution < -0.4 is 16.2 Å². The molecule has 1 aliphatic carbocycles. The lowest BCUT2D eigenvalue weighted by Gasteiger charge is -2.29. The van der Waals surface area contributed by atoms with Crippen LogP contribution in [0.3, 0.4) is 0 Å². The molecule has 116 valence electrons. The van der Waals surface area contributed by atoms with E-state index in [1.807, 2.05) is 18.2 Å². The number of amides is 1. The molecule has 0 aromatic heterocycles. The van der Waals surface area contributed by atoms with Gasteiger partial charge >= 0.3 is 0 Å². The maximum atomic E-state index is 11.2. The highest BCUT2D eigenvalue weighted by atomic mass is 16.1. The molecule has 5 heteroatoms. The summed E-state index contributed by atoms with van der Waals surface area (Å²) < 4.78 is 0. The molecule has 1 amide bonds. The standard InChI is InChI=1S/C17H22N4O/c1-11-15-8-3-4-9-16(15)17(21-20-11)19-14-7-5-6-13(10-14)18-12(2)22/h3-4,8-9,13-14,20H,1,5-7,10H2,2H3,(H,18,22)(H,19,21)/t13-,14+/m1/s1. The SMILES string of the molecule is C=C1NNC(=N[C@H]2CCC[C@@H](NC(C)=O)C2)c2ccccc21. The molecular weight excluding hydrogens is 276 g/mol. The van der Waals surface area contributed by atoms with Crippen LogP contribution in [-0.4, -0.2) is 23.8 Å². The summed E-state index contributed by atoms with van der Waals surface area (Å²) in [4.78, 5) is 16.1. The highest BCUT2D eigenvalue weighted by Gasteiger charge is 2.24. The summed E-state index contributed by atoms with van der Waals surface area (Å²) in [6, 6.07) is 8.58. The van der Waals surface area contributed by atoms with Crippen LogP contribution in [0.25, 0.3) is 5.70 Å². The van der Waals surface area contributed by atoms with Gasteiger partial charge in [-0.25, -0.2) is 0 Å².